The highest BCUT2D eigenvalue weighted by Gasteiger charge is 2.17. The highest BCUT2D eigenvalue weighted by atomic mass is 16.3. The molecule has 0 aromatic heterocycles. The molecule has 1 fully saturated rings. The van der Waals surface area contributed by atoms with Crippen molar-refractivity contribution in [2.45, 2.75) is 13.0 Å². The summed E-state index contributed by atoms with van der Waals surface area (Å²) in [5.74, 6) is 0.425. The fraction of sp³-hybridized carbons (Fsp3) is 0.455. The molecule has 0 unspecified atom stereocenters. The Morgan fingerprint density at radius 3 is 2.93 bits per heavy atom. The lowest BCUT2D eigenvalue weighted by Gasteiger charge is -2.25. The maximum atomic E-state index is 9.88. The van der Waals surface area contributed by atoms with Crippen molar-refractivity contribution in [1.82, 2.24) is 10.6 Å². The van der Waals surface area contributed by atoms with Crippen molar-refractivity contribution in [1.29, 1.82) is 0 Å². The van der Waals surface area contributed by atoms with Crippen molar-refractivity contribution in [3.8, 4) is 5.75 Å². The molecule has 3 N–H and O–H groups in total. The summed E-state index contributed by atoms with van der Waals surface area (Å²) in [4.78, 5) is 0. The first-order chi connectivity index (χ1) is 6.79. The van der Waals surface area contributed by atoms with Crippen LogP contribution in [-0.4, -0.2) is 24.7 Å². The molecule has 1 aromatic rings. The lowest BCUT2D eigenvalue weighted by Crippen LogP contribution is -2.42. The standard InChI is InChI=1S/C11H16N2O/c1-8-3-2-4-9(11(8)14)10-7-12-5-6-13-10/h2-4,10,12-14H,5-7H2,1H3/t10-/m0/s1. The smallest absolute Gasteiger partial charge is 0.123 e. The average molecular weight is 192 g/mol. The molecule has 0 amide bonds. The Bertz CT molecular complexity index is 319. The number of hydrogen-bond acceptors (Lipinski definition) is 3. The van der Waals surface area contributed by atoms with E-state index in [0.717, 1.165) is 30.8 Å². The van der Waals surface area contributed by atoms with Crippen molar-refractivity contribution < 1.29 is 5.11 Å². The molecule has 2 rings (SSSR count). The number of aromatic hydroxyl groups is 1. The Morgan fingerprint density at radius 2 is 2.21 bits per heavy atom. The summed E-state index contributed by atoms with van der Waals surface area (Å²) in [7, 11) is 0. The van der Waals surface area contributed by atoms with Gasteiger partial charge in [-0.1, -0.05) is 18.2 Å². The molecule has 1 heterocycles. The van der Waals surface area contributed by atoms with E-state index < -0.39 is 0 Å². The Labute approximate surface area is 84.1 Å². The molecule has 0 bridgehead atoms. The van der Waals surface area contributed by atoms with E-state index >= 15 is 0 Å². The summed E-state index contributed by atoms with van der Waals surface area (Å²) in [6, 6.07) is 6.13. The number of benzene rings is 1. The molecule has 0 spiro atoms. The van der Waals surface area contributed by atoms with Crippen LogP contribution in [0, 0.1) is 6.92 Å². The van der Waals surface area contributed by atoms with Gasteiger partial charge in [0.1, 0.15) is 5.75 Å². The number of aryl methyl sites for hydroxylation is 1. The van der Waals surface area contributed by atoms with Gasteiger partial charge in [-0.25, -0.2) is 0 Å². The summed E-state index contributed by atoms with van der Waals surface area (Å²) in [6.07, 6.45) is 0. The Hall–Kier alpha value is -1.06. The van der Waals surface area contributed by atoms with Gasteiger partial charge in [0.2, 0.25) is 0 Å². The second-order valence-corrected chi connectivity index (χ2v) is 3.72. The summed E-state index contributed by atoms with van der Waals surface area (Å²) in [5.41, 5.74) is 1.94. The van der Waals surface area contributed by atoms with Crippen molar-refractivity contribution >= 4 is 0 Å². The molecule has 1 saturated heterocycles. The molecule has 76 valence electrons. The largest absolute Gasteiger partial charge is 0.507 e. The monoisotopic (exact) mass is 192 g/mol. The van der Waals surface area contributed by atoms with Crippen molar-refractivity contribution in [2.24, 2.45) is 0 Å². The van der Waals surface area contributed by atoms with E-state index in [4.69, 9.17) is 0 Å². The molecule has 14 heavy (non-hydrogen) atoms. The first-order valence-corrected chi connectivity index (χ1v) is 5.01. The zero-order chi connectivity index (χ0) is 9.97. The number of phenols is 1. The minimum Gasteiger partial charge on any atom is -0.507 e. The molecule has 1 aromatic carbocycles. The summed E-state index contributed by atoms with van der Waals surface area (Å²) in [6.45, 7) is 4.77. The number of hydrogen-bond donors (Lipinski definition) is 3. The van der Waals surface area contributed by atoms with Crippen molar-refractivity contribution in [2.75, 3.05) is 19.6 Å². The molecule has 3 nitrogen and oxygen atoms in total. The molecular formula is C11H16N2O. The van der Waals surface area contributed by atoms with E-state index in [1.807, 2.05) is 25.1 Å². The SMILES string of the molecule is Cc1cccc([C@@H]2CNCCN2)c1O. The molecule has 0 aliphatic carbocycles. The molecule has 1 atom stereocenters. The average Bonchev–Trinajstić information content (AvgIpc) is 2.23. The van der Waals surface area contributed by atoms with Gasteiger partial charge in [-0.15, -0.1) is 0 Å². The van der Waals surface area contributed by atoms with Gasteiger partial charge in [0.15, 0.2) is 0 Å². The topological polar surface area (TPSA) is 44.3 Å². The first-order valence-electron chi connectivity index (χ1n) is 5.01. The third kappa shape index (κ3) is 1.74. The van der Waals surface area contributed by atoms with Crippen LogP contribution in [0.25, 0.3) is 0 Å². The zero-order valence-corrected chi connectivity index (χ0v) is 8.38. The molecule has 0 radical (unpaired) electrons. The van der Waals surface area contributed by atoms with Crippen LogP contribution >= 0.6 is 0 Å². The quantitative estimate of drug-likeness (QED) is 0.620. The van der Waals surface area contributed by atoms with Gasteiger partial charge in [0.25, 0.3) is 0 Å². The van der Waals surface area contributed by atoms with Crippen LogP contribution in [0.3, 0.4) is 0 Å². The first kappa shape index (κ1) is 9.49. The van der Waals surface area contributed by atoms with Gasteiger partial charge in [-0.3, -0.25) is 0 Å². The van der Waals surface area contributed by atoms with Crippen LogP contribution in [-0.2, 0) is 0 Å². The Morgan fingerprint density at radius 1 is 1.36 bits per heavy atom. The molecule has 3 heteroatoms. The van der Waals surface area contributed by atoms with E-state index in [2.05, 4.69) is 10.6 Å². The highest BCUT2D eigenvalue weighted by Crippen LogP contribution is 2.27. The zero-order valence-electron chi connectivity index (χ0n) is 8.38. The molecule has 1 aliphatic rings. The number of phenolic OH excluding ortho intramolecular Hbond substituents is 1. The minimum absolute atomic E-state index is 0.239. The number of piperazine rings is 1. The fourth-order valence-electron chi connectivity index (χ4n) is 1.84. The third-order valence-corrected chi connectivity index (χ3v) is 2.69. The van der Waals surface area contributed by atoms with Crippen molar-refractivity contribution in [3.05, 3.63) is 29.3 Å². The lowest BCUT2D eigenvalue weighted by atomic mass is 10.0. The summed E-state index contributed by atoms with van der Waals surface area (Å²) >= 11 is 0. The number of rotatable bonds is 1. The molecule has 1 aliphatic heterocycles. The lowest BCUT2D eigenvalue weighted by molar-refractivity contribution is 0.403. The highest BCUT2D eigenvalue weighted by molar-refractivity contribution is 5.41. The summed E-state index contributed by atoms with van der Waals surface area (Å²) in [5, 5.41) is 16.6. The van der Waals surface area contributed by atoms with Gasteiger partial charge in [0, 0.05) is 31.2 Å². The molecular weight excluding hydrogens is 176 g/mol. The number of para-hydroxylation sites is 1. The van der Waals surface area contributed by atoms with E-state index in [-0.39, 0.29) is 6.04 Å². The Balaban J connectivity index is 2.26. The maximum Gasteiger partial charge on any atom is 0.123 e. The number of nitrogens with one attached hydrogen (secondary N) is 2. The normalized spacial score (nSPS) is 22.2. The predicted molar refractivity (Wildman–Crippen MR) is 56.5 cm³/mol. The third-order valence-electron chi connectivity index (χ3n) is 2.69. The van der Waals surface area contributed by atoms with Crippen molar-refractivity contribution in [3.63, 3.8) is 0 Å². The summed E-state index contributed by atoms with van der Waals surface area (Å²) < 4.78 is 0. The predicted octanol–water partition coefficient (Wildman–Crippen LogP) is 0.935. The van der Waals surface area contributed by atoms with Gasteiger partial charge in [0.05, 0.1) is 0 Å². The van der Waals surface area contributed by atoms with Gasteiger partial charge in [-0.05, 0) is 12.5 Å². The van der Waals surface area contributed by atoms with Crippen LogP contribution in [0.2, 0.25) is 0 Å². The Kier molecular flexibility index (Phi) is 2.70. The van der Waals surface area contributed by atoms with E-state index in [0.29, 0.717) is 5.75 Å². The minimum atomic E-state index is 0.239. The second kappa shape index (κ2) is 3.98. The van der Waals surface area contributed by atoms with Crippen LogP contribution in [0.5, 0.6) is 5.75 Å². The van der Waals surface area contributed by atoms with Gasteiger partial charge >= 0.3 is 0 Å². The maximum absolute atomic E-state index is 9.88. The van der Waals surface area contributed by atoms with E-state index in [1.165, 1.54) is 0 Å². The van der Waals surface area contributed by atoms with Crippen LogP contribution in [0.1, 0.15) is 17.2 Å². The van der Waals surface area contributed by atoms with E-state index in [1.54, 1.807) is 0 Å². The van der Waals surface area contributed by atoms with Crippen LogP contribution in [0.15, 0.2) is 18.2 Å². The van der Waals surface area contributed by atoms with Crippen LogP contribution < -0.4 is 10.6 Å². The van der Waals surface area contributed by atoms with Gasteiger partial charge in [-0.2, -0.15) is 0 Å². The van der Waals surface area contributed by atoms with Gasteiger partial charge < -0.3 is 15.7 Å². The van der Waals surface area contributed by atoms with E-state index in [9.17, 15) is 5.11 Å². The second-order valence-electron chi connectivity index (χ2n) is 3.72. The van der Waals surface area contributed by atoms with Crippen LogP contribution in [0.4, 0.5) is 0 Å². The fourth-order valence-corrected chi connectivity index (χ4v) is 1.84. The molecule has 0 saturated carbocycles.